The molecule has 0 radical (unpaired) electrons. The van der Waals surface area contributed by atoms with Crippen molar-refractivity contribution in [2.75, 3.05) is 25.0 Å². The predicted molar refractivity (Wildman–Crippen MR) is 131 cm³/mol. The van der Waals surface area contributed by atoms with Crippen LogP contribution in [-0.4, -0.2) is 42.9 Å². The molecule has 0 atom stereocenters. The fourth-order valence-electron chi connectivity index (χ4n) is 4.08. The molecule has 1 fully saturated rings. The van der Waals surface area contributed by atoms with Crippen molar-refractivity contribution >= 4 is 37.4 Å². The molecule has 1 aromatic carbocycles. The molecule has 1 aliphatic heterocycles. The number of hydrogen-bond donors (Lipinski definition) is 2. The minimum absolute atomic E-state index is 0.132. The maximum atomic E-state index is 11.4. The Balaban J connectivity index is 1.50. The summed E-state index contributed by atoms with van der Waals surface area (Å²) in [6.45, 7) is 10.2. The summed E-state index contributed by atoms with van der Waals surface area (Å²) >= 11 is 1.72. The van der Waals surface area contributed by atoms with Crippen molar-refractivity contribution in [3.05, 3.63) is 46.1 Å². The third-order valence-corrected chi connectivity index (χ3v) is 8.30. The van der Waals surface area contributed by atoms with Gasteiger partial charge in [0.2, 0.25) is 10.0 Å². The number of aryl methyl sites for hydroxylation is 2. The molecule has 4 rings (SSSR count). The van der Waals surface area contributed by atoms with Gasteiger partial charge in [0.05, 0.1) is 16.8 Å². The summed E-state index contributed by atoms with van der Waals surface area (Å²) in [6.07, 6.45) is 3.21. The molecule has 0 amide bonds. The number of rotatable bonds is 7. The highest BCUT2D eigenvalue weighted by molar-refractivity contribution is 7.89. The predicted octanol–water partition coefficient (Wildman–Crippen LogP) is 3.84. The van der Waals surface area contributed by atoms with Gasteiger partial charge in [-0.3, -0.25) is 4.90 Å². The Hall–Kier alpha value is -2.07. The van der Waals surface area contributed by atoms with Gasteiger partial charge in [-0.1, -0.05) is 19.1 Å². The molecule has 0 spiro atoms. The third-order valence-electron chi connectivity index (χ3n) is 6.27. The number of fused-ring (bicyclic) bond motifs is 1. The summed E-state index contributed by atoms with van der Waals surface area (Å²) < 4.78 is 22.9. The van der Waals surface area contributed by atoms with E-state index >= 15 is 0 Å². The fraction of sp³-hybridized carbons (Fsp3) is 0.478. The van der Waals surface area contributed by atoms with E-state index in [0.717, 1.165) is 59.4 Å². The highest BCUT2D eigenvalue weighted by Gasteiger charge is 2.19. The van der Waals surface area contributed by atoms with E-state index in [4.69, 9.17) is 15.1 Å². The summed E-state index contributed by atoms with van der Waals surface area (Å²) in [4.78, 5) is 14.7. The summed E-state index contributed by atoms with van der Waals surface area (Å²) in [7, 11) is -3.67. The zero-order chi connectivity index (χ0) is 22.9. The number of nitrogens with one attached hydrogen (secondary N) is 1. The van der Waals surface area contributed by atoms with E-state index in [2.05, 4.69) is 31.0 Å². The van der Waals surface area contributed by atoms with Crippen LogP contribution >= 0.6 is 11.3 Å². The summed E-state index contributed by atoms with van der Waals surface area (Å²) in [5.74, 6) is 2.56. The number of piperidine rings is 1. The second-order valence-corrected chi connectivity index (χ2v) is 11.5. The highest BCUT2D eigenvalue weighted by atomic mass is 32.2. The molecule has 7 nitrogen and oxygen atoms in total. The van der Waals surface area contributed by atoms with Crippen LogP contribution in [0.1, 0.15) is 41.6 Å². The lowest BCUT2D eigenvalue weighted by Crippen LogP contribution is -2.33. The molecule has 3 aromatic rings. The Morgan fingerprint density at radius 1 is 1.16 bits per heavy atom. The molecular weight excluding hydrogens is 442 g/mol. The Bertz CT molecular complexity index is 1200. The molecule has 1 saturated heterocycles. The number of sulfonamides is 1. The molecule has 3 N–H and O–H groups in total. The number of benzene rings is 1. The lowest BCUT2D eigenvalue weighted by atomic mass is 9.99. The van der Waals surface area contributed by atoms with E-state index in [1.807, 2.05) is 0 Å². The Kier molecular flexibility index (Phi) is 6.80. The summed E-state index contributed by atoms with van der Waals surface area (Å²) in [6, 6.07) is 6.72. The first-order valence-corrected chi connectivity index (χ1v) is 13.4. The minimum atomic E-state index is -3.67. The SMILES string of the molecule is Cc1sc2nc(CN3CCC(C)CC3)nc(NCCc3ccc(S(N)(=O)=O)cc3)c2c1C. The Labute approximate surface area is 194 Å². The lowest BCUT2D eigenvalue weighted by Gasteiger charge is -2.29. The maximum Gasteiger partial charge on any atom is 0.238 e. The van der Waals surface area contributed by atoms with Crippen LogP contribution in [0.4, 0.5) is 5.82 Å². The molecule has 32 heavy (non-hydrogen) atoms. The van der Waals surface area contributed by atoms with Crippen LogP contribution in [0.5, 0.6) is 0 Å². The van der Waals surface area contributed by atoms with Gasteiger partial charge in [-0.25, -0.2) is 23.5 Å². The molecule has 1 aliphatic rings. The first kappa shape index (κ1) is 23.1. The molecule has 3 heterocycles. The molecule has 0 saturated carbocycles. The molecule has 2 aromatic heterocycles. The zero-order valence-electron chi connectivity index (χ0n) is 18.9. The van der Waals surface area contributed by atoms with Gasteiger partial charge >= 0.3 is 0 Å². The lowest BCUT2D eigenvalue weighted by molar-refractivity contribution is 0.181. The number of hydrogen-bond acceptors (Lipinski definition) is 7. The number of likely N-dealkylation sites (tertiary alicyclic amines) is 1. The van der Waals surface area contributed by atoms with Crippen molar-refractivity contribution in [1.29, 1.82) is 0 Å². The van der Waals surface area contributed by atoms with Crippen molar-refractivity contribution < 1.29 is 8.42 Å². The first-order chi connectivity index (χ1) is 15.2. The van der Waals surface area contributed by atoms with Crippen LogP contribution in [0, 0.1) is 19.8 Å². The van der Waals surface area contributed by atoms with Gasteiger partial charge in [-0.2, -0.15) is 0 Å². The van der Waals surface area contributed by atoms with Crippen molar-refractivity contribution in [2.24, 2.45) is 11.1 Å². The van der Waals surface area contributed by atoms with Crippen molar-refractivity contribution in [2.45, 2.75) is 51.5 Å². The number of primary sulfonamides is 1. The molecule has 172 valence electrons. The Morgan fingerprint density at radius 2 is 1.84 bits per heavy atom. The summed E-state index contributed by atoms with van der Waals surface area (Å²) in [5.41, 5.74) is 2.26. The number of anilines is 1. The van der Waals surface area contributed by atoms with Gasteiger partial charge in [-0.15, -0.1) is 11.3 Å². The first-order valence-electron chi connectivity index (χ1n) is 11.1. The van der Waals surface area contributed by atoms with E-state index < -0.39 is 10.0 Å². The van der Waals surface area contributed by atoms with E-state index in [1.54, 1.807) is 35.6 Å². The molecular formula is C23H31N5O2S2. The summed E-state index contributed by atoms with van der Waals surface area (Å²) in [5, 5.41) is 9.80. The smallest absolute Gasteiger partial charge is 0.238 e. The zero-order valence-corrected chi connectivity index (χ0v) is 20.5. The van der Waals surface area contributed by atoms with Crippen molar-refractivity contribution in [3.63, 3.8) is 0 Å². The minimum Gasteiger partial charge on any atom is -0.369 e. The normalized spacial score (nSPS) is 16.0. The van der Waals surface area contributed by atoms with Gasteiger partial charge in [0, 0.05) is 11.4 Å². The molecule has 0 aliphatic carbocycles. The second kappa shape index (κ2) is 9.43. The van der Waals surface area contributed by atoms with Crippen LogP contribution in [0.2, 0.25) is 0 Å². The Morgan fingerprint density at radius 3 is 2.50 bits per heavy atom. The monoisotopic (exact) mass is 473 g/mol. The van der Waals surface area contributed by atoms with Crippen LogP contribution in [-0.2, 0) is 23.0 Å². The molecule has 0 unspecified atom stereocenters. The standard InChI is InChI=1S/C23H31N5O2S2/c1-15-9-12-28(13-10-15)14-20-26-22(21-16(2)17(3)31-23(21)27-20)25-11-8-18-4-6-19(7-5-18)32(24,29)30/h4-7,15H,8-14H2,1-3H3,(H2,24,29,30)(H,25,26,27). The number of nitrogens with two attached hydrogens (primary N) is 1. The van der Waals surface area contributed by atoms with E-state index in [9.17, 15) is 8.42 Å². The number of thiophene rings is 1. The van der Waals surface area contributed by atoms with Gasteiger partial charge in [0.1, 0.15) is 16.5 Å². The van der Waals surface area contributed by atoms with E-state index in [-0.39, 0.29) is 4.90 Å². The van der Waals surface area contributed by atoms with Crippen LogP contribution in [0.15, 0.2) is 29.2 Å². The topological polar surface area (TPSA) is 101 Å². The largest absolute Gasteiger partial charge is 0.369 e. The second-order valence-electron chi connectivity index (χ2n) is 8.78. The fourth-order valence-corrected chi connectivity index (χ4v) is 5.65. The third kappa shape index (κ3) is 5.28. The average molecular weight is 474 g/mol. The number of nitrogens with zero attached hydrogens (tertiary/aromatic N) is 3. The van der Waals surface area contributed by atoms with Gasteiger partial charge in [0.15, 0.2) is 0 Å². The van der Waals surface area contributed by atoms with Crippen molar-refractivity contribution in [3.8, 4) is 0 Å². The van der Waals surface area contributed by atoms with Gasteiger partial charge in [0.25, 0.3) is 0 Å². The van der Waals surface area contributed by atoms with Crippen LogP contribution in [0.3, 0.4) is 0 Å². The average Bonchev–Trinajstić information content (AvgIpc) is 3.03. The van der Waals surface area contributed by atoms with E-state index in [1.165, 1.54) is 23.3 Å². The van der Waals surface area contributed by atoms with Gasteiger partial charge < -0.3 is 5.32 Å². The number of aromatic nitrogens is 2. The maximum absolute atomic E-state index is 11.4. The highest BCUT2D eigenvalue weighted by Crippen LogP contribution is 2.33. The molecule has 9 heteroatoms. The van der Waals surface area contributed by atoms with Gasteiger partial charge in [-0.05, 0) is 75.4 Å². The van der Waals surface area contributed by atoms with Crippen LogP contribution in [0.25, 0.3) is 10.2 Å². The molecule has 0 bridgehead atoms. The van der Waals surface area contributed by atoms with E-state index in [0.29, 0.717) is 6.54 Å². The van der Waals surface area contributed by atoms with Crippen LogP contribution < -0.4 is 10.5 Å². The van der Waals surface area contributed by atoms with Crippen molar-refractivity contribution in [1.82, 2.24) is 14.9 Å². The quantitative estimate of drug-likeness (QED) is 0.541.